The summed E-state index contributed by atoms with van der Waals surface area (Å²) in [7, 11) is 0. The fourth-order valence-corrected chi connectivity index (χ4v) is 3.89. The average Bonchev–Trinajstić information content (AvgIpc) is 3.05. The van der Waals surface area contributed by atoms with Crippen LogP contribution in [-0.2, 0) is 4.79 Å². The summed E-state index contributed by atoms with van der Waals surface area (Å²) in [4.78, 5) is 21.1. The number of benzene rings is 1. The second-order valence-electron chi connectivity index (χ2n) is 5.15. The first-order valence-electron chi connectivity index (χ1n) is 7.06. The van der Waals surface area contributed by atoms with Gasteiger partial charge in [0.2, 0.25) is 5.91 Å². The molecule has 0 aliphatic rings. The predicted molar refractivity (Wildman–Crippen MR) is 96.7 cm³/mol. The average molecular weight is 344 g/mol. The molecule has 0 saturated heterocycles. The molecule has 1 aromatic carbocycles. The highest BCUT2D eigenvalue weighted by Gasteiger charge is 2.14. The zero-order valence-corrected chi connectivity index (χ0v) is 14.6. The Morgan fingerprint density at radius 2 is 2.00 bits per heavy atom. The molecular formula is C16H16N4OS2. The lowest BCUT2D eigenvalue weighted by atomic mass is 10.2. The molecule has 0 radical (unpaired) electrons. The quantitative estimate of drug-likeness (QED) is 0.727. The summed E-state index contributed by atoms with van der Waals surface area (Å²) >= 11 is 2.98. The van der Waals surface area contributed by atoms with Crippen LogP contribution >= 0.6 is 22.7 Å². The van der Waals surface area contributed by atoms with E-state index >= 15 is 0 Å². The van der Waals surface area contributed by atoms with Crippen molar-refractivity contribution in [2.24, 2.45) is 0 Å². The van der Waals surface area contributed by atoms with Crippen molar-refractivity contribution in [3.8, 4) is 10.6 Å². The Morgan fingerprint density at radius 1 is 1.17 bits per heavy atom. The Balaban J connectivity index is 1.81. The number of aryl methyl sites for hydroxylation is 2. The lowest BCUT2D eigenvalue weighted by molar-refractivity contribution is -0.114. The van der Waals surface area contributed by atoms with E-state index in [2.05, 4.69) is 39.7 Å². The molecule has 0 fully saturated rings. The summed E-state index contributed by atoms with van der Waals surface area (Å²) in [6, 6.07) is 8.16. The highest BCUT2D eigenvalue weighted by molar-refractivity contribution is 7.20. The van der Waals surface area contributed by atoms with E-state index in [0.29, 0.717) is 5.13 Å². The monoisotopic (exact) mass is 344 g/mol. The maximum absolute atomic E-state index is 11.1. The maximum atomic E-state index is 11.1. The van der Waals surface area contributed by atoms with Crippen molar-refractivity contribution in [2.45, 2.75) is 20.8 Å². The Morgan fingerprint density at radius 3 is 2.74 bits per heavy atom. The summed E-state index contributed by atoms with van der Waals surface area (Å²) in [5.74, 6) is -0.120. The number of amides is 1. The summed E-state index contributed by atoms with van der Waals surface area (Å²) in [5.41, 5.74) is 3.96. The van der Waals surface area contributed by atoms with Gasteiger partial charge in [0.1, 0.15) is 0 Å². The van der Waals surface area contributed by atoms with Gasteiger partial charge in [0.25, 0.3) is 0 Å². The molecule has 0 bridgehead atoms. The van der Waals surface area contributed by atoms with Gasteiger partial charge in [-0.05, 0) is 31.5 Å². The summed E-state index contributed by atoms with van der Waals surface area (Å²) in [6.07, 6.45) is 0. The third-order valence-corrected chi connectivity index (χ3v) is 4.94. The molecule has 23 heavy (non-hydrogen) atoms. The second-order valence-corrected chi connectivity index (χ2v) is 7.00. The first kappa shape index (κ1) is 15.6. The number of nitrogens with zero attached hydrogens (tertiary/aromatic N) is 2. The minimum atomic E-state index is -0.120. The van der Waals surface area contributed by atoms with E-state index in [-0.39, 0.29) is 5.91 Å². The molecule has 0 spiro atoms. The van der Waals surface area contributed by atoms with E-state index < -0.39 is 0 Å². The van der Waals surface area contributed by atoms with Crippen molar-refractivity contribution >= 4 is 44.5 Å². The molecule has 118 valence electrons. The summed E-state index contributed by atoms with van der Waals surface area (Å²) < 4.78 is 0. The van der Waals surface area contributed by atoms with Crippen LogP contribution in [0, 0.1) is 13.8 Å². The van der Waals surface area contributed by atoms with Crippen molar-refractivity contribution in [1.82, 2.24) is 9.97 Å². The number of carbonyl (C=O) groups is 1. The molecule has 1 amide bonds. The molecular weight excluding hydrogens is 328 g/mol. The first-order valence-corrected chi connectivity index (χ1v) is 8.75. The predicted octanol–water partition coefficient (Wildman–Crippen LogP) is 4.59. The van der Waals surface area contributed by atoms with Gasteiger partial charge in [-0.1, -0.05) is 23.5 Å². The zero-order valence-electron chi connectivity index (χ0n) is 13.0. The molecule has 0 aliphatic heterocycles. The lowest BCUT2D eigenvalue weighted by Gasteiger charge is -2.02. The van der Waals surface area contributed by atoms with Gasteiger partial charge < -0.3 is 10.6 Å². The van der Waals surface area contributed by atoms with E-state index in [0.717, 1.165) is 27.1 Å². The number of anilines is 3. The van der Waals surface area contributed by atoms with Crippen molar-refractivity contribution in [3.05, 3.63) is 40.9 Å². The van der Waals surface area contributed by atoms with E-state index in [1.807, 2.05) is 24.4 Å². The normalized spacial score (nSPS) is 10.6. The van der Waals surface area contributed by atoms with Gasteiger partial charge in [0.15, 0.2) is 10.3 Å². The fourth-order valence-electron chi connectivity index (χ4n) is 2.12. The molecule has 2 heterocycles. The van der Waals surface area contributed by atoms with Gasteiger partial charge in [-0.2, -0.15) is 0 Å². The third-order valence-electron chi connectivity index (χ3n) is 3.09. The zero-order chi connectivity index (χ0) is 16.4. The van der Waals surface area contributed by atoms with Crippen molar-refractivity contribution in [2.75, 3.05) is 10.6 Å². The Labute approximate surface area is 142 Å². The molecule has 2 N–H and O–H groups in total. The van der Waals surface area contributed by atoms with Gasteiger partial charge >= 0.3 is 0 Å². The number of aromatic nitrogens is 2. The van der Waals surface area contributed by atoms with Crippen LogP contribution in [0.2, 0.25) is 0 Å². The Hall–Kier alpha value is -2.25. The van der Waals surface area contributed by atoms with E-state index in [9.17, 15) is 4.79 Å². The largest absolute Gasteiger partial charge is 0.332 e. The second kappa shape index (κ2) is 6.47. The van der Waals surface area contributed by atoms with Crippen LogP contribution in [-0.4, -0.2) is 15.9 Å². The molecule has 0 unspecified atom stereocenters. The third kappa shape index (κ3) is 3.75. The highest BCUT2D eigenvalue weighted by atomic mass is 32.1. The van der Waals surface area contributed by atoms with Crippen LogP contribution < -0.4 is 10.6 Å². The molecule has 3 aromatic rings. The molecule has 0 aliphatic carbocycles. The number of thiazole rings is 2. The topological polar surface area (TPSA) is 66.9 Å². The maximum Gasteiger partial charge on any atom is 0.223 e. The van der Waals surface area contributed by atoms with Crippen LogP contribution in [0.5, 0.6) is 0 Å². The molecule has 0 saturated carbocycles. The smallest absolute Gasteiger partial charge is 0.223 e. The van der Waals surface area contributed by atoms with Crippen LogP contribution in [0.3, 0.4) is 0 Å². The first-order chi connectivity index (χ1) is 11.0. The van der Waals surface area contributed by atoms with Crippen LogP contribution in [0.25, 0.3) is 10.6 Å². The van der Waals surface area contributed by atoms with E-state index in [1.165, 1.54) is 23.8 Å². The van der Waals surface area contributed by atoms with Gasteiger partial charge in [-0.25, -0.2) is 9.97 Å². The van der Waals surface area contributed by atoms with E-state index in [1.54, 1.807) is 11.3 Å². The lowest BCUT2D eigenvalue weighted by Crippen LogP contribution is -2.04. The summed E-state index contributed by atoms with van der Waals surface area (Å²) in [5, 5.41) is 9.46. The minimum absolute atomic E-state index is 0.120. The molecule has 2 aromatic heterocycles. The van der Waals surface area contributed by atoms with Crippen LogP contribution in [0.1, 0.15) is 18.2 Å². The summed E-state index contributed by atoms with van der Waals surface area (Å²) in [6.45, 7) is 5.45. The van der Waals surface area contributed by atoms with Crippen molar-refractivity contribution in [3.63, 3.8) is 0 Å². The van der Waals surface area contributed by atoms with Gasteiger partial charge in [0, 0.05) is 18.0 Å². The standard InChI is InChI=1S/C16H16N4OS2/c1-9-5-4-6-12(7-9)19-15-20-13(8-22-15)14-10(2)17-16(23-14)18-11(3)21/h4-8H,1-3H3,(H,19,20)(H,17,18,21). The number of rotatable bonds is 4. The van der Waals surface area contributed by atoms with Gasteiger partial charge in [-0.15, -0.1) is 11.3 Å². The molecule has 0 atom stereocenters. The highest BCUT2D eigenvalue weighted by Crippen LogP contribution is 2.35. The van der Waals surface area contributed by atoms with E-state index in [4.69, 9.17) is 0 Å². The fraction of sp³-hybridized carbons (Fsp3) is 0.188. The van der Waals surface area contributed by atoms with Gasteiger partial charge in [0.05, 0.1) is 16.3 Å². The van der Waals surface area contributed by atoms with Crippen LogP contribution in [0.15, 0.2) is 29.6 Å². The molecule has 7 heteroatoms. The van der Waals surface area contributed by atoms with Crippen molar-refractivity contribution in [1.29, 1.82) is 0 Å². The molecule has 3 rings (SSSR count). The number of hydrogen-bond donors (Lipinski definition) is 2. The Bertz CT molecular complexity index is 853. The number of hydrogen-bond acceptors (Lipinski definition) is 6. The Kier molecular flexibility index (Phi) is 4.40. The minimum Gasteiger partial charge on any atom is -0.332 e. The SMILES string of the molecule is CC(=O)Nc1nc(C)c(-c2csc(Nc3cccc(C)c3)n2)s1. The molecule has 5 nitrogen and oxygen atoms in total. The number of nitrogens with one attached hydrogen (secondary N) is 2. The van der Waals surface area contributed by atoms with Crippen molar-refractivity contribution < 1.29 is 4.79 Å². The van der Waals surface area contributed by atoms with Crippen LogP contribution in [0.4, 0.5) is 16.0 Å². The number of carbonyl (C=O) groups excluding carboxylic acids is 1. The van der Waals surface area contributed by atoms with Gasteiger partial charge in [-0.3, -0.25) is 4.79 Å².